The number of amides is 1. The molecule has 0 saturated carbocycles. The van der Waals surface area contributed by atoms with E-state index >= 15 is 0 Å². The quantitative estimate of drug-likeness (QED) is 0.706. The van der Waals surface area contributed by atoms with E-state index in [0.29, 0.717) is 29.4 Å². The Morgan fingerprint density at radius 1 is 1.07 bits per heavy atom. The summed E-state index contributed by atoms with van der Waals surface area (Å²) in [5.74, 6) is 1.63. The van der Waals surface area contributed by atoms with Crippen LogP contribution in [0.4, 0.5) is 4.79 Å². The summed E-state index contributed by atoms with van der Waals surface area (Å²) in [6.07, 6.45) is 7.30. The number of nitrogens with two attached hydrogens (primary N) is 1. The number of rotatable bonds is 5. The zero-order chi connectivity index (χ0) is 21.3. The van der Waals surface area contributed by atoms with Crippen LogP contribution in [0.3, 0.4) is 0 Å². The first-order valence-electron chi connectivity index (χ1n) is 9.39. The van der Waals surface area contributed by atoms with Crippen LogP contribution in [-0.4, -0.2) is 37.1 Å². The number of nitrogens with zero attached hydrogens (tertiary/aromatic N) is 2. The molecule has 4 rings (SSSR count). The van der Waals surface area contributed by atoms with Crippen molar-refractivity contribution >= 4 is 12.1 Å². The fourth-order valence-corrected chi connectivity index (χ4v) is 4.10. The van der Waals surface area contributed by atoms with Gasteiger partial charge in [-0.1, -0.05) is 48.6 Å². The molecule has 1 atom stereocenters. The number of allylic oxidation sites excluding steroid dienone is 1. The predicted octanol–water partition coefficient (Wildman–Crippen LogP) is 3.19. The van der Waals surface area contributed by atoms with E-state index in [0.717, 1.165) is 16.7 Å². The molecule has 153 valence electrons. The van der Waals surface area contributed by atoms with Crippen molar-refractivity contribution in [3.05, 3.63) is 77.1 Å². The van der Waals surface area contributed by atoms with E-state index in [1.807, 2.05) is 48.5 Å². The second-order valence-corrected chi connectivity index (χ2v) is 6.95. The second-order valence-electron chi connectivity index (χ2n) is 6.95. The number of aromatic nitrogens is 2. The smallest absolute Gasteiger partial charge is 0.339 e. The molecule has 1 radical (unpaired) electrons. The largest absolute Gasteiger partial charge is 0.493 e. The highest BCUT2D eigenvalue weighted by Gasteiger charge is 2.40. The summed E-state index contributed by atoms with van der Waals surface area (Å²) in [7, 11) is 4.75. The number of benzene rings is 2. The van der Waals surface area contributed by atoms with E-state index < -0.39 is 11.4 Å². The maximum atomic E-state index is 11.9. The van der Waals surface area contributed by atoms with Crippen molar-refractivity contribution in [3.8, 4) is 17.2 Å². The minimum atomic E-state index is -0.653. The van der Waals surface area contributed by atoms with Gasteiger partial charge in [0.15, 0.2) is 11.5 Å². The Kier molecular flexibility index (Phi) is 4.95. The minimum Gasteiger partial charge on any atom is -0.493 e. The number of primary amides is 1. The van der Waals surface area contributed by atoms with Crippen molar-refractivity contribution in [2.45, 2.75) is 11.8 Å². The van der Waals surface area contributed by atoms with Gasteiger partial charge < -0.3 is 19.9 Å². The zero-order valence-corrected chi connectivity index (χ0v) is 17.0. The van der Waals surface area contributed by atoms with Gasteiger partial charge in [0.2, 0.25) is 5.75 Å². The van der Waals surface area contributed by atoms with Gasteiger partial charge in [-0.15, -0.1) is 0 Å². The van der Waals surface area contributed by atoms with E-state index in [-0.39, 0.29) is 0 Å². The van der Waals surface area contributed by atoms with Crippen molar-refractivity contribution < 1.29 is 19.0 Å². The Balaban J connectivity index is 2.01. The average Bonchev–Trinajstić information content (AvgIpc) is 3.21. The highest BCUT2D eigenvalue weighted by molar-refractivity contribution is 5.77. The molecule has 30 heavy (non-hydrogen) atoms. The van der Waals surface area contributed by atoms with E-state index in [9.17, 15) is 4.79 Å². The Hall–Kier alpha value is -3.74. The molecule has 0 bridgehead atoms. The number of hydrogen-bond acceptors (Lipinski definition) is 5. The van der Waals surface area contributed by atoms with Gasteiger partial charge in [0.25, 0.3) is 0 Å². The van der Waals surface area contributed by atoms with Gasteiger partial charge in [-0.25, -0.2) is 4.79 Å². The summed E-state index contributed by atoms with van der Waals surface area (Å²) < 4.78 is 18.1. The summed E-state index contributed by atoms with van der Waals surface area (Å²) in [5, 5.41) is 4.04. The molecule has 7 heteroatoms. The monoisotopic (exact) mass is 404 g/mol. The Morgan fingerprint density at radius 2 is 1.80 bits per heavy atom. The zero-order valence-electron chi connectivity index (χ0n) is 17.0. The molecule has 1 aliphatic carbocycles. The lowest BCUT2D eigenvalue weighted by Crippen LogP contribution is -2.34. The van der Waals surface area contributed by atoms with Crippen LogP contribution in [-0.2, 0) is 11.8 Å². The number of ether oxygens (including phenoxy) is 3. The normalized spacial score (nSPS) is 17.3. The molecule has 7 nitrogen and oxygen atoms in total. The maximum Gasteiger partial charge on any atom is 0.339 e. The van der Waals surface area contributed by atoms with Crippen molar-refractivity contribution in [2.75, 3.05) is 21.3 Å². The van der Waals surface area contributed by atoms with Crippen molar-refractivity contribution in [2.24, 2.45) is 5.73 Å². The third-order valence-electron chi connectivity index (χ3n) is 5.50. The van der Waals surface area contributed by atoms with E-state index in [2.05, 4.69) is 17.4 Å². The van der Waals surface area contributed by atoms with Gasteiger partial charge in [0.1, 0.15) is 6.20 Å². The lowest BCUT2D eigenvalue weighted by atomic mass is 9.68. The fourth-order valence-electron chi connectivity index (χ4n) is 4.10. The molecule has 1 heterocycles. The van der Waals surface area contributed by atoms with Gasteiger partial charge in [0, 0.05) is 23.0 Å². The van der Waals surface area contributed by atoms with Crippen LogP contribution in [0.15, 0.2) is 48.5 Å². The third kappa shape index (κ3) is 2.90. The molecule has 2 aromatic carbocycles. The maximum absolute atomic E-state index is 11.9. The van der Waals surface area contributed by atoms with Gasteiger partial charge in [-0.3, -0.25) is 0 Å². The molecule has 0 spiro atoms. The molecule has 1 amide bonds. The van der Waals surface area contributed by atoms with Crippen LogP contribution in [0.25, 0.3) is 6.08 Å². The van der Waals surface area contributed by atoms with Crippen LogP contribution in [0.1, 0.15) is 22.4 Å². The van der Waals surface area contributed by atoms with Gasteiger partial charge >= 0.3 is 6.03 Å². The molecular weight excluding hydrogens is 382 g/mol. The number of carbonyl (C=O) groups is 1. The van der Waals surface area contributed by atoms with Crippen LogP contribution in [0.5, 0.6) is 17.2 Å². The molecule has 1 aliphatic rings. The first-order chi connectivity index (χ1) is 14.6. The number of methoxy groups -OCH3 is 3. The summed E-state index contributed by atoms with van der Waals surface area (Å²) >= 11 is 0. The van der Waals surface area contributed by atoms with Crippen molar-refractivity contribution in [1.29, 1.82) is 0 Å². The van der Waals surface area contributed by atoms with Gasteiger partial charge in [-0.05, 0) is 11.6 Å². The molecule has 2 N–H and O–H groups in total. The topological polar surface area (TPSA) is 88.6 Å². The number of fused-ring (bicyclic) bond motifs is 1. The standard InChI is InChI=1S/C23H22N3O4/c1-28-19-10-9-17(20(29-2)21(19)30-3)23(16-7-5-4-6-8-16)12-11-15-14-25-26(22(24)27)18(15)13-23/h4-12H,13H2,1-3H3,(H2,24,27). The molecule has 0 aliphatic heterocycles. The van der Waals surface area contributed by atoms with Crippen LogP contribution in [0.2, 0.25) is 0 Å². The molecule has 0 fully saturated rings. The highest BCUT2D eigenvalue weighted by Crippen LogP contribution is 2.50. The van der Waals surface area contributed by atoms with Gasteiger partial charge in [0.05, 0.1) is 27.0 Å². The summed E-state index contributed by atoms with van der Waals surface area (Å²) in [6.45, 7) is 0. The first kappa shape index (κ1) is 19.6. The van der Waals surface area contributed by atoms with Gasteiger partial charge in [-0.2, -0.15) is 9.78 Å². The summed E-state index contributed by atoms with van der Waals surface area (Å²) in [6, 6.07) is 13.2. The third-order valence-corrected chi connectivity index (χ3v) is 5.50. The SMILES string of the molecule is COc1ccc(C2(c3ccccc3)C=Cc3[c]nn(C(N)=O)c3C2)c(OC)c1OC. The number of hydrogen-bond donors (Lipinski definition) is 1. The molecule has 3 aromatic rings. The molecule has 1 unspecified atom stereocenters. The highest BCUT2D eigenvalue weighted by atomic mass is 16.5. The molecule has 0 saturated heterocycles. The fraction of sp³-hybridized carbons (Fsp3) is 0.217. The Labute approximate surface area is 174 Å². The molecule has 1 aromatic heterocycles. The average molecular weight is 404 g/mol. The van der Waals surface area contributed by atoms with Crippen LogP contribution in [0, 0.1) is 6.20 Å². The van der Waals surface area contributed by atoms with E-state index in [4.69, 9.17) is 19.9 Å². The summed E-state index contributed by atoms with van der Waals surface area (Å²) in [5.41, 5.74) is 8.20. The number of carbonyl (C=O) groups excluding carboxylic acids is 1. The van der Waals surface area contributed by atoms with Crippen molar-refractivity contribution in [3.63, 3.8) is 0 Å². The first-order valence-corrected chi connectivity index (χ1v) is 9.39. The minimum absolute atomic E-state index is 0.439. The summed E-state index contributed by atoms with van der Waals surface area (Å²) in [4.78, 5) is 11.9. The second kappa shape index (κ2) is 7.59. The predicted molar refractivity (Wildman–Crippen MR) is 112 cm³/mol. The van der Waals surface area contributed by atoms with E-state index in [1.165, 1.54) is 4.68 Å². The lowest BCUT2D eigenvalue weighted by Gasteiger charge is -2.36. The Bertz CT molecular complexity index is 1120. The van der Waals surface area contributed by atoms with E-state index in [1.54, 1.807) is 21.3 Å². The Morgan fingerprint density at radius 3 is 2.43 bits per heavy atom. The molecular formula is C23H22N3O4. The van der Waals surface area contributed by atoms with Crippen LogP contribution < -0.4 is 19.9 Å². The lowest BCUT2D eigenvalue weighted by molar-refractivity contribution is 0.246. The van der Waals surface area contributed by atoms with Crippen molar-refractivity contribution in [1.82, 2.24) is 9.78 Å². The van der Waals surface area contributed by atoms with Crippen LogP contribution >= 0.6 is 0 Å².